The van der Waals surface area contributed by atoms with Gasteiger partial charge in [-0.15, -0.1) is 0 Å². The van der Waals surface area contributed by atoms with Gasteiger partial charge in [-0.3, -0.25) is 9.59 Å². The summed E-state index contributed by atoms with van der Waals surface area (Å²) in [7, 11) is 0. The first-order chi connectivity index (χ1) is 16.3. The fourth-order valence-corrected chi connectivity index (χ4v) is 4.81. The van der Waals surface area contributed by atoms with E-state index in [-0.39, 0.29) is 12.5 Å². The lowest BCUT2D eigenvalue weighted by Crippen LogP contribution is -2.61. The summed E-state index contributed by atoms with van der Waals surface area (Å²) in [5, 5.41) is 11.9. The molecule has 1 saturated heterocycles. The zero-order valence-corrected chi connectivity index (χ0v) is 19.5. The first-order valence-electron chi connectivity index (χ1n) is 11.6. The van der Waals surface area contributed by atoms with Gasteiger partial charge in [0.25, 0.3) is 0 Å². The Balaban J connectivity index is 1.46. The molecule has 1 aliphatic carbocycles. The van der Waals surface area contributed by atoms with Crippen molar-refractivity contribution in [3.05, 3.63) is 59.7 Å². The zero-order chi connectivity index (χ0) is 24.3. The van der Waals surface area contributed by atoms with Crippen molar-refractivity contribution >= 4 is 18.0 Å². The van der Waals surface area contributed by atoms with Crippen LogP contribution in [0.5, 0.6) is 0 Å². The van der Waals surface area contributed by atoms with Crippen molar-refractivity contribution in [3.63, 3.8) is 0 Å². The van der Waals surface area contributed by atoms with Crippen LogP contribution in [-0.2, 0) is 19.1 Å². The SMILES string of the molecule is CCC1(C)COCCN1C(=O)C(CC(=O)O)NC(=O)OCC1c2ccccc2-c2ccccc21. The quantitative estimate of drug-likeness (QED) is 0.648. The van der Waals surface area contributed by atoms with Gasteiger partial charge in [0, 0.05) is 12.5 Å². The van der Waals surface area contributed by atoms with Crippen molar-refractivity contribution in [2.75, 3.05) is 26.4 Å². The minimum atomic E-state index is -1.22. The molecule has 1 heterocycles. The molecule has 2 aromatic carbocycles. The van der Waals surface area contributed by atoms with Gasteiger partial charge in [-0.05, 0) is 35.6 Å². The highest BCUT2D eigenvalue weighted by Crippen LogP contribution is 2.44. The minimum absolute atomic E-state index is 0.0814. The van der Waals surface area contributed by atoms with E-state index in [1.54, 1.807) is 4.90 Å². The molecule has 2 aromatic rings. The third-order valence-electron chi connectivity index (χ3n) is 6.86. The van der Waals surface area contributed by atoms with E-state index >= 15 is 0 Å². The van der Waals surface area contributed by atoms with E-state index in [4.69, 9.17) is 9.47 Å². The molecular formula is C26H30N2O6. The molecule has 2 amide bonds. The Morgan fingerprint density at radius 3 is 2.35 bits per heavy atom. The summed E-state index contributed by atoms with van der Waals surface area (Å²) in [4.78, 5) is 39.1. The van der Waals surface area contributed by atoms with Gasteiger partial charge in [-0.2, -0.15) is 0 Å². The summed E-state index contributed by atoms with van der Waals surface area (Å²) in [6.07, 6.45) is -0.697. The molecule has 0 saturated carbocycles. The summed E-state index contributed by atoms with van der Waals surface area (Å²) >= 11 is 0. The highest BCUT2D eigenvalue weighted by atomic mass is 16.5. The molecule has 0 spiro atoms. The molecule has 0 radical (unpaired) electrons. The number of morpholine rings is 1. The Kier molecular flexibility index (Phi) is 6.88. The Bertz CT molecular complexity index is 1040. The van der Waals surface area contributed by atoms with Gasteiger partial charge in [0.1, 0.15) is 12.6 Å². The molecule has 2 atom stereocenters. The summed E-state index contributed by atoms with van der Waals surface area (Å²) < 4.78 is 11.1. The largest absolute Gasteiger partial charge is 0.481 e. The number of alkyl carbamates (subject to hydrolysis) is 1. The average Bonchev–Trinajstić information content (AvgIpc) is 3.15. The van der Waals surface area contributed by atoms with Gasteiger partial charge in [0.2, 0.25) is 5.91 Å². The summed E-state index contributed by atoms with van der Waals surface area (Å²) in [5.41, 5.74) is 3.80. The van der Waals surface area contributed by atoms with Crippen molar-refractivity contribution in [3.8, 4) is 11.1 Å². The number of benzene rings is 2. The van der Waals surface area contributed by atoms with Gasteiger partial charge in [0.05, 0.1) is 25.2 Å². The van der Waals surface area contributed by atoms with Crippen LogP contribution in [0.2, 0.25) is 0 Å². The lowest BCUT2D eigenvalue weighted by Gasteiger charge is -2.45. The van der Waals surface area contributed by atoms with Crippen LogP contribution in [0.1, 0.15) is 43.7 Å². The van der Waals surface area contributed by atoms with Crippen molar-refractivity contribution in [2.24, 2.45) is 0 Å². The maximum absolute atomic E-state index is 13.3. The highest BCUT2D eigenvalue weighted by Gasteiger charge is 2.40. The number of amides is 2. The second-order valence-corrected chi connectivity index (χ2v) is 9.01. The number of nitrogens with zero attached hydrogens (tertiary/aromatic N) is 1. The fraction of sp³-hybridized carbons (Fsp3) is 0.423. The number of rotatable bonds is 7. The number of ether oxygens (including phenoxy) is 2. The Hall–Kier alpha value is -3.39. The lowest BCUT2D eigenvalue weighted by atomic mass is 9.94. The molecule has 8 nitrogen and oxygen atoms in total. The van der Waals surface area contributed by atoms with Gasteiger partial charge < -0.3 is 24.8 Å². The van der Waals surface area contributed by atoms with Crippen molar-refractivity contribution in [2.45, 2.75) is 44.2 Å². The van der Waals surface area contributed by atoms with Crippen LogP contribution < -0.4 is 5.32 Å². The number of fused-ring (bicyclic) bond motifs is 3. The first-order valence-corrected chi connectivity index (χ1v) is 11.6. The van der Waals surface area contributed by atoms with Gasteiger partial charge >= 0.3 is 12.1 Å². The zero-order valence-electron chi connectivity index (χ0n) is 19.5. The van der Waals surface area contributed by atoms with Crippen LogP contribution in [0.15, 0.2) is 48.5 Å². The second-order valence-electron chi connectivity index (χ2n) is 9.01. The standard InChI is InChI=1S/C26H30N2O6/c1-3-26(2)16-33-13-12-28(26)24(31)22(14-23(29)30)27-25(32)34-15-21-19-10-6-4-8-17(19)18-9-5-7-11-20(18)21/h4-11,21-22H,3,12-16H2,1-2H3,(H,27,32)(H,29,30). The van der Waals surface area contributed by atoms with Gasteiger partial charge in [-0.1, -0.05) is 55.5 Å². The van der Waals surface area contributed by atoms with Crippen LogP contribution in [0.4, 0.5) is 4.79 Å². The topological polar surface area (TPSA) is 105 Å². The van der Waals surface area contributed by atoms with E-state index in [9.17, 15) is 19.5 Å². The summed E-state index contributed by atoms with van der Waals surface area (Å²) in [6, 6.07) is 14.7. The number of nitrogens with one attached hydrogen (secondary N) is 1. The highest BCUT2D eigenvalue weighted by molar-refractivity contribution is 5.90. The first kappa shape index (κ1) is 23.8. The average molecular weight is 467 g/mol. The number of hydrogen-bond donors (Lipinski definition) is 2. The predicted octanol–water partition coefficient (Wildman–Crippen LogP) is 3.40. The van der Waals surface area contributed by atoms with Crippen LogP contribution in [0.3, 0.4) is 0 Å². The molecule has 2 N–H and O–H groups in total. The smallest absolute Gasteiger partial charge is 0.407 e. The number of aliphatic carboxylic acids is 1. The van der Waals surface area contributed by atoms with Crippen LogP contribution in [0, 0.1) is 0 Å². The van der Waals surface area contributed by atoms with Crippen molar-refractivity contribution in [1.82, 2.24) is 10.2 Å². The molecule has 8 heteroatoms. The van der Waals surface area contributed by atoms with Gasteiger partial charge in [-0.25, -0.2) is 4.79 Å². The van der Waals surface area contributed by atoms with Crippen molar-refractivity contribution in [1.29, 1.82) is 0 Å². The molecule has 4 rings (SSSR count). The van der Waals surface area contributed by atoms with Gasteiger partial charge in [0.15, 0.2) is 0 Å². The van der Waals surface area contributed by atoms with E-state index in [2.05, 4.69) is 5.32 Å². The second kappa shape index (κ2) is 9.85. The minimum Gasteiger partial charge on any atom is -0.481 e. The van der Waals surface area contributed by atoms with E-state index in [0.717, 1.165) is 22.3 Å². The summed E-state index contributed by atoms with van der Waals surface area (Å²) in [6.45, 7) is 4.99. The number of carboxylic acid groups (broad SMARTS) is 1. The molecule has 1 aliphatic heterocycles. The number of carbonyl (C=O) groups excluding carboxylic acids is 2. The third-order valence-corrected chi connectivity index (χ3v) is 6.86. The molecule has 34 heavy (non-hydrogen) atoms. The lowest BCUT2D eigenvalue weighted by molar-refractivity contribution is -0.153. The van der Waals surface area contributed by atoms with Crippen LogP contribution in [0.25, 0.3) is 11.1 Å². The van der Waals surface area contributed by atoms with E-state index in [1.165, 1.54) is 0 Å². The molecular weight excluding hydrogens is 436 g/mol. The monoisotopic (exact) mass is 466 g/mol. The maximum atomic E-state index is 13.3. The van der Waals surface area contributed by atoms with Crippen LogP contribution in [-0.4, -0.2) is 65.9 Å². The van der Waals surface area contributed by atoms with E-state index < -0.39 is 36.0 Å². The molecule has 0 bridgehead atoms. The molecule has 180 valence electrons. The van der Waals surface area contributed by atoms with Crippen LogP contribution >= 0.6 is 0 Å². The third kappa shape index (κ3) is 4.63. The van der Waals surface area contributed by atoms with E-state index in [0.29, 0.717) is 26.2 Å². The van der Waals surface area contributed by atoms with E-state index in [1.807, 2.05) is 62.4 Å². The Labute approximate surface area is 198 Å². The molecule has 2 aliphatic rings. The predicted molar refractivity (Wildman–Crippen MR) is 125 cm³/mol. The summed E-state index contributed by atoms with van der Waals surface area (Å²) in [5.74, 6) is -1.75. The number of carbonyl (C=O) groups is 3. The molecule has 0 aromatic heterocycles. The number of hydrogen-bond acceptors (Lipinski definition) is 5. The molecule has 2 unspecified atom stereocenters. The van der Waals surface area contributed by atoms with Crippen molar-refractivity contribution < 1.29 is 29.0 Å². The fourth-order valence-electron chi connectivity index (χ4n) is 4.81. The number of carboxylic acids is 1. The Morgan fingerprint density at radius 2 is 1.76 bits per heavy atom. The normalized spacial score (nSPS) is 20.2. The maximum Gasteiger partial charge on any atom is 0.407 e. The molecule has 1 fully saturated rings. The Morgan fingerprint density at radius 1 is 1.15 bits per heavy atom.